The fourth-order valence-corrected chi connectivity index (χ4v) is 1.74. The summed E-state index contributed by atoms with van der Waals surface area (Å²) in [5.74, 6) is -1.22. The topological polar surface area (TPSA) is 95.1 Å². The number of aromatic amines is 1. The molecule has 0 aliphatic carbocycles. The molecular weight excluding hydrogens is 246 g/mol. The van der Waals surface area contributed by atoms with Crippen LogP contribution < -0.4 is 5.32 Å². The van der Waals surface area contributed by atoms with Gasteiger partial charge in [0.15, 0.2) is 0 Å². The third-order valence-electron chi connectivity index (χ3n) is 2.67. The number of carboxylic acid groups (broad SMARTS) is 1. The van der Waals surface area contributed by atoms with Crippen LogP contribution in [0.5, 0.6) is 0 Å². The van der Waals surface area contributed by atoms with Crippen LogP contribution in [0.15, 0.2) is 36.5 Å². The summed E-state index contributed by atoms with van der Waals surface area (Å²) in [5.41, 5.74) is 1.34. The van der Waals surface area contributed by atoms with E-state index in [1.165, 1.54) is 6.20 Å². The molecule has 0 spiro atoms. The van der Waals surface area contributed by atoms with E-state index < -0.39 is 5.97 Å². The number of nitrogens with one attached hydrogen (secondary N) is 2. The molecule has 1 aromatic heterocycles. The molecule has 6 nitrogen and oxygen atoms in total. The Balaban J connectivity index is 1.93. The summed E-state index contributed by atoms with van der Waals surface area (Å²) in [5, 5.41) is 18.0. The number of amides is 1. The number of carbonyl (C=O) groups is 2. The van der Waals surface area contributed by atoms with Crippen molar-refractivity contribution in [1.82, 2.24) is 15.5 Å². The summed E-state index contributed by atoms with van der Waals surface area (Å²) in [6.07, 6.45) is 1.96. The monoisotopic (exact) mass is 259 g/mol. The Morgan fingerprint density at radius 2 is 2.05 bits per heavy atom. The minimum Gasteiger partial charge on any atom is -0.478 e. The fraction of sp³-hybridized carbons (Fsp3) is 0.154. The number of hydrogen-bond acceptors (Lipinski definition) is 3. The van der Waals surface area contributed by atoms with Crippen molar-refractivity contribution in [2.24, 2.45) is 0 Å². The Morgan fingerprint density at radius 3 is 2.74 bits per heavy atom. The molecule has 0 bridgehead atoms. The van der Waals surface area contributed by atoms with Crippen molar-refractivity contribution in [1.29, 1.82) is 0 Å². The number of nitrogens with zero attached hydrogens (tertiary/aromatic N) is 1. The zero-order valence-electron chi connectivity index (χ0n) is 10.1. The van der Waals surface area contributed by atoms with Gasteiger partial charge in [0.1, 0.15) is 5.69 Å². The van der Waals surface area contributed by atoms with Crippen LogP contribution in [0.1, 0.15) is 26.4 Å². The van der Waals surface area contributed by atoms with E-state index >= 15 is 0 Å². The Bertz CT molecular complexity index is 579. The van der Waals surface area contributed by atoms with Crippen LogP contribution in [0.2, 0.25) is 0 Å². The minimum atomic E-state index is -0.963. The van der Waals surface area contributed by atoms with Gasteiger partial charge in [0.2, 0.25) is 0 Å². The Morgan fingerprint density at radius 1 is 1.26 bits per heavy atom. The molecule has 0 saturated heterocycles. The van der Waals surface area contributed by atoms with Gasteiger partial charge in [0.05, 0.1) is 5.56 Å². The van der Waals surface area contributed by atoms with E-state index in [-0.39, 0.29) is 11.5 Å². The van der Waals surface area contributed by atoms with Gasteiger partial charge in [0.25, 0.3) is 5.91 Å². The van der Waals surface area contributed by atoms with Gasteiger partial charge in [-0.2, -0.15) is 5.10 Å². The molecule has 2 rings (SSSR count). The van der Waals surface area contributed by atoms with Crippen LogP contribution in [-0.2, 0) is 6.42 Å². The molecule has 3 N–H and O–H groups in total. The highest BCUT2D eigenvalue weighted by molar-refractivity contribution is 5.92. The molecule has 0 radical (unpaired) electrons. The lowest BCUT2D eigenvalue weighted by Gasteiger charge is -2.06. The maximum Gasteiger partial charge on any atom is 0.335 e. The highest BCUT2D eigenvalue weighted by atomic mass is 16.4. The fourth-order valence-electron chi connectivity index (χ4n) is 1.74. The van der Waals surface area contributed by atoms with E-state index in [0.717, 1.165) is 0 Å². The SMILES string of the molecule is O=C(NCCc1ccccc1C(=O)O)c1ccn[nH]1. The van der Waals surface area contributed by atoms with Gasteiger partial charge in [-0.3, -0.25) is 9.89 Å². The third-order valence-corrected chi connectivity index (χ3v) is 2.67. The van der Waals surface area contributed by atoms with Crippen molar-refractivity contribution >= 4 is 11.9 Å². The first kappa shape index (κ1) is 12.8. The predicted octanol–water partition coefficient (Wildman–Crippen LogP) is 1.08. The zero-order valence-corrected chi connectivity index (χ0v) is 10.1. The average Bonchev–Trinajstić information content (AvgIpc) is 2.93. The van der Waals surface area contributed by atoms with Crippen LogP contribution in [0.4, 0.5) is 0 Å². The quantitative estimate of drug-likeness (QED) is 0.748. The first-order chi connectivity index (χ1) is 9.18. The van der Waals surface area contributed by atoms with Crippen LogP contribution in [0.3, 0.4) is 0 Å². The van der Waals surface area contributed by atoms with Crippen LogP contribution in [-0.4, -0.2) is 33.7 Å². The first-order valence-electron chi connectivity index (χ1n) is 5.77. The van der Waals surface area contributed by atoms with Crippen molar-refractivity contribution in [3.63, 3.8) is 0 Å². The van der Waals surface area contributed by atoms with Gasteiger partial charge in [-0.1, -0.05) is 18.2 Å². The molecule has 19 heavy (non-hydrogen) atoms. The third kappa shape index (κ3) is 3.19. The highest BCUT2D eigenvalue weighted by Crippen LogP contribution is 2.09. The Hall–Kier alpha value is -2.63. The molecule has 6 heteroatoms. The van der Waals surface area contributed by atoms with Crippen molar-refractivity contribution in [2.75, 3.05) is 6.54 Å². The Labute approximate surface area is 109 Å². The average molecular weight is 259 g/mol. The van der Waals surface area contributed by atoms with E-state index in [2.05, 4.69) is 15.5 Å². The summed E-state index contributed by atoms with van der Waals surface area (Å²) in [4.78, 5) is 22.6. The maximum absolute atomic E-state index is 11.6. The van der Waals surface area contributed by atoms with Gasteiger partial charge in [-0.05, 0) is 24.1 Å². The number of aromatic nitrogens is 2. The number of aromatic carboxylic acids is 1. The van der Waals surface area contributed by atoms with E-state index in [0.29, 0.717) is 24.2 Å². The molecular formula is C13H13N3O3. The van der Waals surface area contributed by atoms with Crippen LogP contribution in [0, 0.1) is 0 Å². The number of rotatable bonds is 5. The molecule has 2 aromatic rings. The zero-order chi connectivity index (χ0) is 13.7. The summed E-state index contributed by atoms with van der Waals surface area (Å²) in [6.45, 7) is 0.363. The van der Waals surface area contributed by atoms with E-state index in [9.17, 15) is 9.59 Å². The number of hydrogen-bond donors (Lipinski definition) is 3. The van der Waals surface area contributed by atoms with Crippen molar-refractivity contribution < 1.29 is 14.7 Å². The lowest BCUT2D eigenvalue weighted by molar-refractivity contribution is 0.0695. The molecule has 1 heterocycles. The van der Waals surface area contributed by atoms with Gasteiger partial charge in [-0.25, -0.2) is 4.79 Å². The lowest BCUT2D eigenvalue weighted by Crippen LogP contribution is -2.26. The molecule has 0 saturated carbocycles. The van der Waals surface area contributed by atoms with E-state index in [4.69, 9.17) is 5.11 Å². The summed E-state index contributed by atoms with van der Waals surface area (Å²) in [6, 6.07) is 8.31. The molecule has 98 valence electrons. The lowest BCUT2D eigenvalue weighted by atomic mass is 10.0. The summed E-state index contributed by atoms with van der Waals surface area (Å²) in [7, 11) is 0. The van der Waals surface area contributed by atoms with Crippen LogP contribution >= 0.6 is 0 Å². The van der Waals surface area contributed by atoms with E-state index in [1.54, 1.807) is 30.3 Å². The number of benzene rings is 1. The molecule has 1 aromatic carbocycles. The minimum absolute atomic E-state index is 0.259. The maximum atomic E-state index is 11.6. The Kier molecular flexibility index (Phi) is 3.92. The van der Waals surface area contributed by atoms with Crippen molar-refractivity contribution in [3.05, 3.63) is 53.3 Å². The molecule has 0 fully saturated rings. The molecule has 0 unspecified atom stereocenters. The van der Waals surface area contributed by atoms with Crippen molar-refractivity contribution in [2.45, 2.75) is 6.42 Å². The van der Waals surface area contributed by atoms with Crippen LogP contribution in [0.25, 0.3) is 0 Å². The molecule has 1 amide bonds. The van der Waals surface area contributed by atoms with Gasteiger partial charge in [-0.15, -0.1) is 0 Å². The highest BCUT2D eigenvalue weighted by Gasteiger charge is 2.10. The van der Waals surface area contributed by atoms with Gasteiger partial charge in [0, 0.05) is 12.7 Å². The second-order valence-electron chi connectivity index (χ2n) is 3.94. The molecule has 0 atom stereocenters. The number of carbonyl (C=O) groups excluding carboxylic acids is 1. The smallest absolute Gasteiger partial charge is 0.335 e. The largest absolute Gasteiger partial charge is 0.478 e. The van der Waals surface area contributed by atoms with Gasteiger partial charge < -0.3 is 10.4 Å². The number of carboxylic acids is 1. The first-order valence-corrected chi connectivity index (χ1v) is 5.77. The van der Waals surface area contributed by atoms with Crippen molar-refractivity contribution in [3.8, 4) is 0 Å². The molecule has 0 aliphatic heterocycles. The van der Waals surface area contributed by atoms with E-state index in [1.807, 2.05) is 0 Å². The summed E-state index contributed by atoms with van der Waals surface area (Å²) >= 11 is 0. The predicted molar refractivity (Wildman–Crippen MR) is 68.0 cm³/mol. The summed E-state index contributed by atoms with van der Waals surface area (Å²) < 4.78 is 0. The number of H-pyrrole nitrogens is 1. The van der Waals surface area contributed by atoms with Gasteiger partial charge >= 0.3 is 5.97 Å². The second kappa shape index (κ2) is 5.81. The standard InChI is InChI=1S/C13H13N3O3/c17-12(11-6-8-15-16-11)14-7-5-9-3-1-2-4-10(9)13(18)19/h1-4,6,8H,5,7H2,(H,14,17)(H,15,16)(H,18,19). The second-order valence-corrected chi connectivity index (χ2v) is 3.94. The molecule has 0 aliphatic rings. The normalized spacial score (nSPS) is 10.1.